The lowest BCUT2D eigenvalue weighted by molar-refractivity contribution is 0.0132. The van der Waals surface area contributed by atoms with Gasteiger partial charge in [0.2, 0.25) is 0 Å². The van der Waals surface area contributed by atoms with Crippen LogP contribution in [0.3, 0.4) is 0 Å². The van der Waals surface area contributed by atoms with Crippen molar-refractivity contribution in [3.05, 3.63) is 0 Å². The van der Waals surface area contributed by atoms with Crippen molar-refractivity contribution in [2.24, 2.45) is 0 Å². The van der Waals surface area contributed by atoms with E-state index in [2.05, 4.69) is 0 Å². The third-order valence-electron chi connectivity index (χ3n) is 0.893. The molecule has 0 aliphatic carbocycles. The van der Waals surface area contributed by atoms with Gasteiger partial charge >= 0.3 is 0 Å². The molecule has 50 valence electrons. The SMILES string of the molecule is CCC(F)CC(O)F. The fourth-order valence-corrected chi connectivity index (χ4v) is 0.378. The van der Waals surface area contributed by atoms with E-state index >= 15 is 0 Å². The number of hydrogen-bond acceptors (Lipinski definition) is 1. The first kappa shape index (κ1) is 7.82. The normalized spacial score (nSPS) is 18.0. The molecule has 0 rings (SSSR count). The van der Waals surface area contributed by atoms with Crippen LogP contribution in [0.4, 0.5) is 8.78 Å². The molecule has 0 amide bonds. The van der Waals surface area contributed by atoms with Gasteiger partial charge in [0.05, 0.1) is 0 Å². The molecule has 3 heteroatoms. The van der Waals surface area contributed by atoms with Gasteiger partial charge in [0, 0.05) is 6.42 Å². The van der Waals surface area contributed by atoms with Crippen LogP contribution in [0, 0.1) is 0 Å². The van der Waals surface area contributed by atoms with Gasteiger partial charge in [-0.3, -0.25) is 0 Å². The van der Waals surface area contributed by atoms with Crippen molar-refractivity contribution in [1.29, 1.82) is 0 Å². The highest BCUT2D eigenvalue weighted by atomic mass is 19.2. The molecule has 0 aliphatic rings. The number of aliphatic hydroxyl groups excluding tert-OH is 1. The summed E-state index contributed by atoms with van der Waals surface area (Å²) < 4.78 is 23.4. The maximum absolute atomic E-state index is 12.0. The van der Waals surface area contributed by atoms with Crippen LogP contribution in [-0.2, 0) is 0 Å². The molecule has 0 aromatic rings. The standard InChI is InChI=1S/C5H10F2O/c1-2-4(6)3-5(7)8/h4-5,8H,2-3H2,1H3. The molecule has 0 heterocycles. The summed E-state index contributed by atoms with van der Waals surface area (Å²) >= 11 is 0. The third kappa shape index (κ3) is 3.99. The van der Waals surface area contributed by atoms with E-state index in [0.29, 0.717) is 0 Å². The van der Waals surface area contributed by atoms with Crippen LogP contribution in [0.25, 0.3) is 0 Å². The fourth-order valence-electron chi connectivity index (χ4n) is 0.378. The van der Waals surface area contributed by atoms with E-state index < -0.39 is 19.0 Å². The lowest BCUT2D eigenvalue weighted by Gasteiger charge is -2.02. The van der Waals surface area contributed by atoms with Crippen LogP contribution in [-0.4, -0.2) is 17.6 Å². The molecule has 0 aromatic carbocycles. The molecule has 0 bridgehead atoms. The van der Waals surface area contributed by atoms with Gasteiger partial charge in [-0.05, 0) is 6.42 Å². The first-order valence-corrected chi connectivity index (χ1v) is 2.63. The van der Waals surface area contributed by atoms with Crippen molar-refractivity contribution in [2.45, 2.75) is 32.3 Å². The van der Waals surface area contributed by atoms with E-state index in [-0.39, 0.29) is 6.42 Å². The Balaban J connectivity index is 3.10. The molecule has 0 spiro atoms. The zero-order valence-electron chi connectivity index (χ0n) is 4.77. The molecule has 0 fully saturated rings. The maximum Gasteiger partial charge on any atom is 0.199 e. The van der Waals surface area contributed by atoms with Crippen molar-refractivity contribution in [3.63, 3.8) is 0 Å². The lowest BCUT2D eigenvalue weighted by Crippen LogP contribution is -2.07. The molecule has 0 radical (unpaired) electrons. The van der Waals surface area contributed by atoms with Crippen molar-refractivity contribution in [3.8, 4) is 0 Å². The summed E-state index contributed by atoms with van der Waals surface area (Å²) in [7, 11) is 0. The predicted molar refractivity (Wildman–Crippen MR) is 26.9 cm³/mol. The Labute approximate surface area is 47.3 Å². The van der Waals surface area contributed by atoms with Gasteiger partial charge in [-0.1, -0.05) is 6.92 Å². The van der Waals surface area contributed by atoms with E-state index in [1.54, 1.807) is 6.92 Å². The van der Waals surface area contributed by atoms with Crippen molar-refractivity contribution in [2.75, 3.05) is 0 Å². The van der Waals surface area contributed by atoms with E-state index in [1.807, 2.05) is 0 Å². The lowest BCUT2D eigenvalue weighted by atomic mass is 10.2. The Kier molecular flexibility index (Phi) is 3.69. The van der Waals surface area contributed by atoms with E-state index in [9.17, 15) is 8.78 Å². The highest BCUT2D eigenvalue weighted by Gasteiger charge is 2.08. The van der Waals surface area contributed by atoms with Crippen molar-refractivity contribution in [1.82, 2.24) is 0 Å². The topological polar surface area (TPSA) is 20.2 Å². The summed E-state index contributed by atoms with van der Waals surface area (Å²) in [4.78, 5) is 0. The summed E-state index contributed by atoms with van der Waals surface area (Å²) in [6.45, 7) is 1.60. The smallest absolute Gasteiger partial charge is 0.199 e. The summed E-state index contributed by atoms with van der Waals surface area (Å²) in [5.74, 6) is 0. The molecule has 2 atom stereocenters. The minimum Gasteiger partial charge on any atom is -0.364 e. The Hall–Kier alpha value is -0.180. The number of rotatable bonds is 3. The highest BCUT2D eigenvalue weighted by Crippen LogP contribution is 2.06. The van der Waals surface area contributed by atoms with Gasteiger partial charge in [-0.2, -0.15) is 0 Å². The van der Waals surface area contributed by atoms with Gasteiger partial charge in [-0.15, -0.1) is 0 Å². The Morgan fingerprint density at radius 1 is 1.50 bits per heavy atom. The second-order valence-corrected chi connectivity index (χ2v) is 1.68. The van der Waals surface area contributed by atoms with E-state index in [1.165, 1.54) is 0 Å². The second-order valence-electron chi connectivity index (χ2n) is 1.68. The first-order valence-electron chi connectivity index (χ1n) is 2.63. The van der Waals surface area contributed by atoms with Crippen LogP contribution in [0.2, 0.25) is 0 Å². The molecule has 0 saturated carbocycles. The summed E-state index contributed by atoms with van der Waals surface area (Å²) in [5.41, 5.74) is 0. The van der Waals surface area contributed by atoms with Gasteiger partial charge in [0.15, 0.2) is 6.36 Å². The maximum atomic E-state index is 12.0. The largest absolute Gasteiger partial charge is 0.364 e. The highest BCUT2D eigenvalue weighted by molar-refractivity contribution is 4.52. The molecule has 0 aromatic heterocycles. The molecular formula is C5H10F2O. The van der Waals surface area contributed by atoms with Gasteiger partial charge < -0.3 is 5.11 Å². The minimum absolute atomic E-state index is 0.265. The van der Waals surface area contributed by atoms with Crippen LogP contribution in [0.1, 0.15) is 19.8 Å². The van der Waals surface area contributed by atoms with Gasteiger partial charge in [0.25, 0.3) is 0 Å². The number of aliphatic hydroxyl groups is 1. The Morgan fingerprint density at radius 2 is 2.00 bits per heavy atom. The van der Waals surface area contributed by atoms with E-state index in [4.69, 9.17) is 5.11 Å². The molecule has 1 N–H and O–H groups in total. The van der Waals surface area contributed by atoms with E-state index in [0.717, 1.165) is 0 Å². The summed E-state index contributed by atoms with van der Waals surface area (Å²) in [5, 5.41) is 7.95. The quantitative estimate of drug-likeness (QED) is 0.603. The van der Waals surface area contributed by atoms with Crippen LogP contribution in [0.5, 0.6) is 0 Å². The summed E-state index contributed by atoms with van der Waals surface area (Å²) in [6, 6.07) is 0. The molecule has 0 aliphatic heterocycles. The number of alkyl halides is 2. The van der Waals surface area contributed by atoms with Gasteiger partial charge in [-0.25, -0.2) is 8.78 Å². The molecular weight excluding hydrogens is 114 g/mol. The Morgan fingerprint density at radius 3 is 2.12 bits per heavy atom. The molecule has 0 saturated heterocycles. The Bertz CT molecular complexity index is 56.4. The zero-order chi connectivity index (χ0) is 6.57. The van der Waals surface area contributed by atoms with Gasteiger partial charge in [0.1, 0.15) is 6.17 Å². The van der Waals surface area contributed by atoms with Crippen LogP contribution >= 0.6 is 0 Å². The number of hydrogen-bond donors (Lipinski definition) is 1. The molecule has 1 nitrogen and oxygen atoms in total. The van der Waals surface area contributed by atoms with Crippen molar-refractivity contribution >= 4 is 0 Å². The predicted octanol–water partition coefficient (Wildman–Crippen LogP) is 1.41. The van der Waals surface area contributed by atoms with Crippen LogP contribution in [0.15, 0.2) is 0 Å². The number of halogens is 2. The average Bonchev–Trinajstić information content (AvgIpc) is 1.65. The molecule has 2 unspecified atom stereocenters. The third-order valence-corrected chi connectivity index (χ3v) is 0.893. The van der Waals surface area contributed by atoms with Crippen LogP contribution < -0.4 is 0 Å². The zero-order valence-corrected chi connectivity index (χ0v) is 4.77. The minimum atomic E-state index is -2.00. The average molecular weight is 124 g/mol. The second kappa shape index (κ2) is 3.78. The first-order chi connectivity index (χ1) is 3.66. The monoisotopic (exact) mass is 124 g/mol. The fraction of sp³-hybridized carbons (Fsp3) is 1.00. The molecule has 8 heavy (non-hydrogen) atoms. The summed E-state index contributed by atoms with van der Waals surface area (Å²) in [6.07, 6.45) is -3.32. The van der Waals surface area contributed by atoms with Crippen molar-refractivity contribution < 1.29 is 13.9 Å².